The molecule has 0 saturated heterocycles. The van der Waals surface area contributed by atoms with E-state index in [1.807, 2.05) is 45.9 Å². The van der Waals surface area contributed by atoms with Gasteiger partial charge in [0.1, 0.15) is 5.75 Å². The van der Waals surface area contributed by atoms with Crippen molar-refractivity contribution in [2.75, 3.05) is 18.5 Å². The molecule has 22 heavy (non-hydrogen) atoms. The molecule has 0 aromatic heterocycles. The lowest BCUT2D eigenvalue weighted by Gasteiger charge is -2.26. The Morgan fingerprint density at radius 3 is 2.59 bits per heavy atom. The van der Waals surface area contributed by atoms with Crippen LogP contribution in [0.2, 0.25) is 0 Å². The average molecular weight is 308 g/mol. The van der Waals surface area contributed by atoms with Gasteiger partial charge in [-0.05, 0) is 42.5 Å². The summed E-state index contributed by atoms with van der Waals surface area (Å²) >= 11 is 0. The summed E-state index contributed by atoms with van der Waals surface area (Å²) in [6.07, 6.45) is 0.363. The quantitative estimate of drug-likeness (QED) is 0.755. The van der Waals surface area contributed by atoms with Crippen LogP contribution in [0, 0.1) is 12.3 Å². The highest BCUT2D eigenvalue weighted by Crippen LogP contribution is 2.22. The predicted molar refractivity (Wildman–Crippen MR) is 89.4 cm³/mol. The van der Waals surface area contributed by atoms with Gasteiger partial charge in [0, 0.05) is 12.2 Å². The minimum Gasteiger partial charge on any atom is -0.494 e. The molecule has 2 amide bonds. The second-order valence-electron chi connectivity index (χ2n) is 6.54. The third-order valence-electron chi connectivity index (χ3n) is 3.37. The first-order valence-corrected chi connectivity index (χ1v) is 7.70. The molecule has 0 aliphatic rings. The van der Waals surface area contributed by atoms with Gasteiger partial charge in [0.05, 0.1) is 12.7 Å². The molecule has 1 rings (SSSR count). The van der Waals surface area contributed by atoms with Crippen molar-refractivity contribution < 1.29 is 14.6 Å². The van der Waals surface area contributed by atoms with E-state index in [9.17, 15) is 9.90 Å². The van der Waals surface area contributed by atoms with Crippen LogP contribution in [0.3, 0.4) is 0 Å². The van der Waals surface area contributed by atoms with Crippen LogP contribution in [0.1, 0.15) is 39.7 Å². The molecule has 1 atom stereocenters. The highest BCUT2D eigenvalue weighted by atomic mass is 16.5. The fourth-order valence-corrected chi connectivity index (χ4v) is 1.75. The molecule has 0 aliphatic carbocycles. The maximum Gasteiger partial charge on any atom is 0.319 e. The largest absolute Gasteiger partial charge is 0.494 e. The van der Waals surface area contributed by atoms with Gasteiger partial charge >= 0.3 is 6.03 Å². The molecule has 0 radical (unpaired) electrons. The first-order valence-electron chi connectivity index (χ1n) is 7.70. The van der Waals surface area contributed by atoms with Gasteiger partial charge in [-0.15, -0.1) is 0 Å². The Morgan fingerprint density at radius 1 is 1.36 bits per heavy atom. The summed E-state index contributed by atoms with van der Waals surface area (Å²) in [6.45, 7) is 10.6. The van der Waals surface area contributed by atoms with E-state index in [1.54, 1.807) is 0 Å². The standard InChI is InChI=1S/C17H28N2O3/c1-6-9-22-13-7-8-14(12(2)10-13)19-16(21)18-11-15(20)17(3,4)5/h7-8,10,15,20H,6,9,11H2,1-5H3,(H2,18,19,21). The molecule has 0 bridgehead atoms. The Hall–Kier alpha value is -1.75. The number of benzene rings is 1. The van der Waals surface area contributed by atoms with Crippen molar-refractivity contribution in [2.24, 2.45) is 5.41 Å². The number of aliphatic hydroxyl groups is 1. The minimum absolute atomic E-state index is 0.214. The van der Waals surface area contributed by atoms with E-state index in [0.717, 1.165) is 23.4 Å². The molecule has 1 aromatic carbocycles. The van der Waals surface area contributed by atoms with E-state index in [0.29, 0.717) is 6.61 Å². The molecule has 0 spiro atoms. The van der Waals surface area contributed by atoms with E-state index in [-0.39, 0.29) is 18.0 Å². The van der Waals surface area contributed by atoms with Crippen molar-refractivity contribution >= 4 is 11.7 Å². The summed E-state index contributed by atoms with van der Waals surface area (Å²) in [5.41, 5.74) is 1.40. The van der Waals surface area contributed by atoms with Crippen LogP contribution in [-0.2, 0) is 0 Å². The van der Waals surface area contributed by atoms with Gasteiger partial charge < -0.3 is 20.5 Å². The van der Waals surface area contributed by atoms with E-state index in [1.165, 1.54) is 0 Å². The van der Waals surface area contributed by atoms with Gasteiger partial charge in [-0.25, -0.2) is 4.79 Å². The summed E-state index contributed by atoms with van der Waals surface area (Å²) < 4.78 is 5.55. The topological polar surface area (TPSA) is 70.6 Å². The van der Waals surface area contributed by atoms with E-state index < -0.39 is 6.10 Å². The van der Waals surface area contributed by atoms with Gasteiger partial charge in [-0.3, -0.25) is 0 Å². The number of carbonyl (C=O) groups is 1. The van der Waals surface area contributed by atoms with Crippen LogP contribution in [0.5, 0.6) is 5.75 Å². The molecule has 0 aliphatic heterocycles. The zero-order valence-corrected chi connectivity index (χ0v) is 14.2. The molecule has 0 saturated carbocycles. The van der Waals surface area contributed by atoms with Crippen LogP contribution in [-0.4, -0.2) is 30.4 Å². The summed E-state index contributed by atoms with van der Waals surface area (Å²) in [6, 6.07) is 5.23. The maximum atomic E-state index is 11.9. The SMILES string of the molecule is CCCOc1ccc(NC(=O)NCC(O)C(C)(C)C)c(C)c1. The summed E-state index contributed by atoms with van der Waals surface area (Å²) in [4.78, 5) is 11.9. The second kappa shape index (κ2) is 8.03. The Balaban J connectivity index is 2.54. The Labute approximate surface area is 133 Å². The minimum atomic E-state index is -0.593. The van der Waals surface area contributed by atoms with Crippen LogP contribution in [0.15, 0.2) is 18.2 Å². The molecule has 0 heterocycles. The smallest absolute Gasteiger partial charge is 0.319 e. The number of aliphatic hydroxyl groups excluding tert-OH is 1. The first-order chi connectivity index (χ1) is 10.2. The zero-order valence-electron chi connectivity index (χ0n) is 14.2. The van der Waals surface area contributed by atoms with Gasteiger partial charge in [0.2, 0.25) is 0 Å². The molecule has 5 heteroatoms. The summed E-state index contributed by atoms with van der Waals surface area (Å²) in [5.74, 6) is 0.800. The number of urea groups is 1. The normalized spacial score (nSPS) is 12.6. The van der Waals surface area contributed by atoms with Crippen LogP contribution in [0.25, 0.3) is 0 Å². The van der Waals surface area contributed by atoms with Crippen molar-refractivity contribution in [3.05, 3.63) is 23.8 Å². The molecule has 0 fully saturated rings. The number of carbonyl (C=O) groups excluding carboxylic acids is 1. The molecule has 5 nitrogen and oxygen atoms in total. The molecule has 3 N–H and O–H groups in total. The van der Waals surface area contributed by atoms with E-state index in [4.69, 9.17) is 4.74 Å². The number of hydrogen-bond donors (Lipinski definition) is 3. The molecule has 124 valence electrons. The second-order valence-corrected chi connectivity index (χ2v) is 6.54. The van der Waals surface area contributed by atoms with Crippen molar-refractivity contribution in [2.45, 2.75) is 47.1 Å². The molecule has 1 unspecified atom stereocenters. The third-order valence-corrected chi connectivity index (χ3v) is 3.37. The van der Waals surface area contributed by atoms with Crippen molar-refractivity contribution in [3.63, 3.8) is 0 Å². The molecule has 1 aromatic rings. The lowest BCUT2D eigenvalue weighted by atomic mass is 9.89. The lowest BCUT2D eigenvalue weighted by Crippen LogP contribution is -2.40. The fourth-order valence-electron chi connectivity index (χ4n) is 1.75. The Bertz CT molecular complexity index is 495. The van der Waals surface area contributed by atoms with Crippen LogP contribution < -0.4 is 15.4 Å². The van der Waals surface area contributed by atoms with Gasteiger partial charge in [0.25, 0.3) is 0 Å². The zero-order chi connectivity index (χ0) is 16.8. The summed E-state index contributed by atoms with van der Waals surface area (Å²) in [7, 11) is 0. The Morgan fingerprint density at radius 2 is 2.05 bits per heavy atom. The van der Waals surface area contributed by atoms with Gasteiger partial charge in [-0.2, -0.15) is 0 Å². The number of hydrogen-bond acceptors (Lipinski definition) is 3. The monoisotopic (exact) mass is 308 g/mol. The third kappa shape index (κ3) is 5.93. The predicted octanol–water partition coefficient (Wildman–Crippen LogP) is 3.31. The van der Waals surface area contributed by atoms with Crippen LogP contribution >= 0.6 is 0 Å². The van der Waals surface area contributed by atoms with Crippen molar-refractivity contribution in [1.82, 2.24) is 5.32 Å². The van der Waals surface area contributed by atoms with Crippen molar-refractivity contribution in [3.8, 4) is 5.75 Å². The molecular formula is C17H28N2O3. The number of ether oxygens (including phenoxy) is 1. The van der Waals surface area contributed by atoms with E-state index >= 15 is 0 Å². The number of amides is 2. The first kappa shape index (κ1) is 18.3. The number of nitrogens with one attached hydrogen (secondary N) is 2. The number of anilines is 1. The summed E-state index contributed by atoms with van der Waals surface area (Å²) in [5, 5.41) is 15.4. The Kier molecular flexibility index (Phi) is 6.68. The fraction of sp³-hybridized carbons (Fsp3) is 0.588. The van der Waals surface area contributed by atoms with Crippen molar-refractivity contribution in [1.29, 1.82) is 0 Å². The molecular weight excluding hydrogens is 280 g/mol. The van der Waals surface area contributed by atoms with Gasteiger partial charge in [0.15, 0.2) is 0 Å². The highest BCUT2D eigenvalue weighted by molar-refractivity contribution is 5.90. The van der Waals surface area contributed by atoms with Crippen LogP contribution in [0.4, 0.5) is 10.5 Å². The van der Waals surface area contributed by atoms with Gasteiger partial charge in [-0.1, -0.05) is 27.7 Å². The van der Waals surface area contributed by atoms with E-state index in [2.05, 4.69) is 17.6 Å². The maximum absolute atomic E-state index is 11.9. The number of aryl methyl sites for hydroxylation is 1. The number of rotatable bonds is 6. The average Bonchev–Trinajstić information content (AvgIpc) is 2.44. The lowest BCUT2D eigenvalue weighted by molar-refractivity contribution is 0.0654. The highest BCUT2D eigenvalue weighted by Gasteiger charge is 2.22.